The molecule has 0 saturated heterocycles. The minimum atomic E-state index is -0.491. The predicted molar refractivity (Wildman–Crippen MR) is 78.0 cm³/mol. The molecule has 0 N–H and O–H groups in total. The van der Waals surface area contributed by atoms with Gasteiger partial charge in [-0.15, -0.1) is 0 Å². The Kier molecular flexibility index (Phi) is 4.32. The van der Waals surface area contributed by atoms with Gasteiger partial charge in [0.2, 0.25) is 0 Å². The first-order valence-corrected chi connectivity index (χ1v) is 6.60. The quantitative estimate of drug-likeness (QED) is 0.792. The van der Waals surface area contributed by atoms with E-state index < -0.39 is 5.82 Å². The number of carbonyl (C=O) groups excluding carboxylic acids is 1. The number of benzene rings is 2. The fourth-order valence-corrected chi connectivity index (χ4v) is 2.19. The van der Waals surface area contributed by atoms with Gasteiger partial charge in [0, 0.05) is 18.1 Å². The molecular weight excluding hydrogens is 309 g/mol. The lowest BCUT2D eigenvalue weighted by molar-refractivity contribution is 0.112. The number of aldehydes is 1. The molecule has 0 amide bonds. The summed E-state index contributed by atoms with van der Waals surface area (Å²) in [7, 11) is 1.84. The maximum atomic E-state index is 13.5. The van der Waals surface area contributed by atoms with E-state index in [1.807, 2.05) is 36.2 Å². The maximum Gasteiger partial charge on any atom is 0.155 e. The Morgan fingerprint density at radius 1 is 1.21 bits per heavy atom. The molecule has 0 unspecified atom stereocenters. The molecule has 2 aromatic rings. The van der Waals surface area contributed by atoms with E-state index in [4.69, 9.17) is 0 Å². The molecule has 0 aliphatic rings. The van der Waals surface area contributed by atoms with Gasteiger partial charge in [-0.1, -0.05) is 34.1 Å². The van der Waals surface area contributed by atoms with Crippen LogP contribution in [-0.4, -0.2) is 13.3 Å². The SMILES string of the molecule is CN(Cc1ccc(Br)cc1)c1cccc(F)c1C=O. The van der Waals surface area contributed by atoms with Crippen LogP contribution in [0.3, 0.4) is 0 Å². The van der Waals surface area contributed by atoms with Crippen molar-refractivity contribution < 1.29 is 9.18 Å². The number of nitrogens with zero attached hydrogens (tertiary/aromatic N) is 1. The van der Waals surface area contributed by atoms with E-state index in [9.17, 15) is 9.18 Å². The average molecular weight is 322 g/mol. The summed E-state index contributed by atoms with van der Waals surface area (Å²) in [6, 6.07) is 12.5. The zero-order valence-electron chi connectivity index (χ0n) is 10.4. The van der Waals surface area contributed by atoms with Gasteiger partial charge in [0.05, 0.1) is 11.3 Å². The second kappa shape index (κ2) is 5.97. The molecule has 0 aliphatic heterocycles. The van der Waals surface area contributed by atoms with Crippen LogP contribution in [0.15, 0.2) is 46.9 Å². The van der Waals surface area contributed by atoms with Gasteiger partial charge >= 0.3 is 0 Å². The van der Waals surface area contributed by atoms with E-state index in [0.717, 1.165) is 10.0 Å². The van der Waals surface area contributed by atoms with Crippen LogP contribution in [-0.2, 0) is 6.54 Å². The summed E-state index contributed by atoms with van der Waals surface area (Å²) in [4.78, 5) is 12.8. The summed E-state index contributed by atoms with van der Waals surface area (Å²) < 4.78 is 14.6. The number of rotatable bonds is 4. The van der Waals surface area contributed by atoms with E-state index >= 15 is 0 Å². The molecule has 2 aromatic carbocycles. The molecule has 4 heteroatoms. The normalized spacial score (nSPS) is 10.3. The Balaban J connectivity index is 2.25. The van der Waals surface area contributed by atoms with Crippen LogP contribution in [0.2, 0.25) is 0 Å². The Morgan fingerprint density at radius 2 is 1.89 bits per heavy atom. The third-order valence-electron chi connectivity index (χ3n) is 2.89. The van der Waals surface area contributed by atoms with Crippen LogP contribution in [0.4, 0.5) is 10.1 Å². The Bertz CT molecular complexity index is 583. The first-order valence-electron chi connectivity index (χ1n) is 5.81. The highest BCUT2D eigenvalue weighted by Gasteiger charge is 2.11. The lowest BCUT2D eigenvalue weighted by Crippen LogP contribution is -2.18. The molecule has 19 heavy (non-hydrogen) atoms. The highest BCUT2D eigenvalue weighted by atomic mass is 79.9. The zero-order valence-corrected chi connectivity index (χ0v) is 12.0. The summed E-state index contributed by atoms with van der Waals surface area (Å²) in [5.41, 5.74) is 1.78. The van der Waals surface area contributed by atoms with Crippen molar-refractivity contribution in [1.82, 2.24) is 0 Å². The minimum absolute atomic E-state index is 0.0992. The Hall–Kier alpha value is -1.68. The van der Waals surface area contributed by atoms with Gasteiger partial charge in [-0.25, -0.2) is 4.39 Å². The van der Waals surface area contributed by atoms with E-state index in [1.54, 1.807) is 12.1 Å². The van der Waals surface area contributed by atoms with E-state index in [2.05, 4.69) is 15.9 Å². The summed E-state index contributed by atoms with van der Waals surface area (Å²) in [6.45, 7) is 0.609. The molecule has 98 valence electrons. The zero-order chi connectivity index (χ0) is 13.8. The van der Waals surface area contributed by atoms with Crippen LogP contribution in [0.25, 0.3) is 0 Å². The summed E-state index contributed by atoms with van der Waals surface area (Å²) in [5, 5.41) is 0. The fraction of sp³-hybridized carbons (Fsp3) is 0.133. The maximum absolute atomic E-state index is 13.5. The van der Waals surface area contributed by atoms with Gasteiger partial charge in [0.1, 0.15) is 5.82 Å². The second-order valence-electron chi connectivity index (χ2n) is 4.27. The van der Waals surface area contributed by atoms with Crippen LogP contribution in [0, 0.1) is 5.82 Å². The molecule has 0 spiro atoms. The molecule has 2 nitrogen and oxygen atoms in total. The molecule has 0 fully saturated rings. The van der Waals surface area contributed by atoms with Crippen molar-refractivity contribution in [2.75, 3.05) is 11.9 Å². The lowest BCUT2D eigenvalue weighted by Gasteiger charge is -2.21. The topological polar surface area (TPSA) is 20.3 Å². The summed E-state index contributed by atoms with van der Waals surface area (Å²) in [6.07, 6.45) is 0.558. The molecule has 0 radical (unpaired) electrons. The van der Waals surface area contributed by atoms with E-state index in [0.29, 0.717) is 18.5 Å². The second-order valence-corrected chi connectivity index (χ2v) is 5.19. The minimum Gasteiger partial charge on any atom is -0.370 e. The van der Waals surface area contributed by atoms with Crippen LogP contribution in [0.1, 0.15) is 15.9 Å². The summed E-state index contributed by atoms with van der Waals surface area (Å²) >= 11 is 3.38. The molecule has 0 bridgehead atoms. The Labute approximate surface area is 120 Å². The van der Waals surface area contributed by atoms with Crippen molar-refractivity contribution in [2.24, 2.45) is 0 Å². The predicted octanol–water partition coefficient (Wildman–Crippen LogP) is 4.04. The molecule has 0 aliphatic carbocycles. The number of anilines is 1. The smallest absolute Gasteiger partial charge is 0.155 e. The van der Waals surface area contributed by atoms with Crippen LogP contribution in [0.5, 0.6) is 0 Å². The average Bonchev–Trinajstić information content (AvgIpc) is 2.41. The number of halogens is 2. The van der Waals surface area contributed by atoms with Gasteiger partial charge in [0.25, 0.3) is 0 Å². The molecule has 0 heterocycles. The van der Waals surface area contributed by atoms with E-state index in [1.165, 1.54) is 6.07 Å². The van der Waals surface area contributed by atoms with Crippen molar-refractivity contribution >= 4 is 27.9 Å². The largest absolute Gasteiger partial charge is 0.370 e. The van der Waals surface area contributed by atoms with Gasteiger partial charge in [-0.2, -0.15) is 0 Å². The fourth-order valence-electron chi connectivity index (χ4n) is 1.92. The number of hydrogen-bond acceptors (Lipinski definition) is 2. The summed E-state index contributed by atoms with van der Waals surface area (Å²) in [5.74, 6) is -0.491. The van der Waals surface area contributed by atoms with Gasteiger partial charge in [-0.05, 0) is 29.8 Å². The molecule has 0 saturated carbocycles. The third kappa shape index (κ3) is 3.20. The molecule has 0 aromatic heterocycles. The van der Waals surface area contributed by atoms with Crippen molar-refractivity contribution in [3.63, 3.8) is 0 Å². The van der Waals surface area contributed by atoms with E-state index in [-0.39, 0.29) is 5.56 Å². The number of carbonyl (C=O) groups is 1. The van der Waals surface area contributed by atoms with Crippen molar-refractivity contribution in [2.45, 2.75) is 6.54 Å². The van der Waals surface area contributed by atoms with Gasteiger partial charge in [0.15, 0.2) is 6.29 Å². The standard InChI is InChI=1S/C15H13BrFNO/c1-18(9-11-5-7-12(16)8-6-11)15-4-2-3-14(17)13(15)10-19/h2-8,10H,9H2,1H3. The third-order valence-corrected chi connectivity index (χ3v) is 3.42. The molecule has 2 rings (SSSR count). The highest BCUT2D eigenvalue weighted by Crippen LogP contribution is 2.22. The first kappa shape index (κ1) is 13.7. The molecule has 0 atom stereocenters. The highest BCUT2D eigenvalue weighted by molar-refractivity contribution is 9.10. The monoisotopic (exact) mass is 321 g/mol. The first-order chi connectivity index (χ1) is 9.11. The van der Waals surface area contributed by atoms with Gasteiger partial charge in [-0.3, -0.25) is 4.79 Å². The lowest BCUT2D eigenvalue weighted by atomic mass is 10.1. The van der Waals surface area contributed by atoms with Gasteiger partial charge < -0.3 is 4.90 Å². The van der Waals surface area contributed by atoms with Crippen molar-refractivity contribution in [3.8, 4) is 0 Å². The Morgan fingerprint density at radius 3 is 2.53 bits per heavy atom. The van der Waals surface area contributed by atoms with Crippen LogP contribution >= 0.6 is 15.9 Å². The number of hydrogen-bond donors (Lipinski definition) is 0. The van der Waals surface area contributed by atoms with Crippen molar-refractivity contribution in [3.05, 3.63) is 63.9 Å². The molecular formula is C15H13BrFNO. The van der Waals surface area contributed by atoms with Crippen molar-refractivity contribution in [1.29, 1.82) is 0 Å². The van der Waals surface area contributed by atoms with Crippen LogP contribution < -0.4 is 4.90 Å².